The lowest BCUT2D eigenvalue weighted by molar-refractivity contribution is 0.0771. The molecule has 2 N–H and O–H groups in total. The predicted octanol–water partition coefficient (Wildman–Crippen LogP) is 1.51. The Labute approximate surface area is 108 Å². The molecule has 2 heterocycles. The molecule has 0 spiro atoms. The summed E-state index contributed by atoms with van der Waals surface area (Å²) in [5, 5.41) is 4.14. The maximum atomic E-state index is 12.3. The van der Waals surface area contributed by atoms with E-state index < -0.39 is 0 Å². The van der Waals surface area contributed by atoms with E-state index in [0.29, 0.717) is 17.3 Å². The number of aryl methyl sites for hydroxylation is 1. The first-order valence-corrected chi connectivity index (χ1v) is 6.37. The minimum atomic E-state index is -0.0418. The fraction of sp³-hybridized carbons (Fsp3) is 0.692. The first kappa shape index (κ1) is 12.9. The third-order valence-corrected chi connectivity index (χ3v) is 3.76. The number of carbonyl (C=O) groups excluding carboxylic acids is 1. The van der Waals surface area contributed by atoms with Crippen LogP contribution in [0.15, 0.2) is 6.20 Å². The van der Waals surface area contributed by atoms with Gasteiger partial charge < -0.3 is 10.6 Å². The third-order valence-electron chi connectivity index (χ3n) is 3.76. The molecule has 2 rings (SSSR count). The molecule has 1 aliphatic rings. The van der Waals surface area contributed by atoms with Crippen molar-refractivity contribution in [3.8, 4) is 0 Å². The van der Waals surface area contributed by atoms with Crippen molar-refractivity contribution in [2.45, 2.75) is 27.2 Å². The van der Waals surface area contributed by atoms with E-state index in [1.54, 1.807) is 17.9 Å². The first-order chi connectivity index (χ1) is 8.29. The van der Waals surface area contributed by atoms with Crippen molar-refractivity contribution >= 4 is 11.6 Å². The average Bonchev–Trinajstić information content (AvgIpc) is 2.83. The molecule has 1 saturated heterocycles. The highest BCUT2D eigenvalue weighted by atomic mass is 16.2. The number of hydrogen-bond acceptors (Lipinski definition) is 3. The van der Waals surface area contributed by atoms with Gasteiger partial charge in [0.15, 0.2) is 5.69 Å². The number of aromatic nitrogens is 2. The van der Waals surface area contributed by atoms with E-state index in [4.69, 9.17) is 5.73 Å². The number of anilines is 1. The van der Waals surface area contributed by atoms with Gasteiger partial charge in [0, 0.05) is 26.3 Å². The highest BCUT2D eigenvalue weighted by Crippen LogP contribution is 2.34. The number of hydrogen-bond donors (Lipinski definition) is 1. The zero-order chi connectivity index (χ0) is 13.5. The zero-order valence-corrected chi connectivity index (χ0v) is 11.6. The Kier molecular flexibility index (Phi) is 3.09. The monoisotopic (exact) mass is 250 g/mol. The lowest BCUT2D eigenvalue weighted by Crippen LogP contribution is -2.31. The van der Waals surface area contributed by atoms with Crippen molar-refractivity contribution in [3.63, 3.8) is 0 Å². The van der Waals surface area contributed by atoms with Gasteiger partial charge in [-0.2, -0.15) is 5.10 Å². The van der Waals surface area contributed by atoms with Crippen LogP contribution in [0, 0.1) is 11.3 Å². The topological polar surface area (TPSA) is 64.2 Å². The molecule has 1 aromatic rings. The molecule has 0 aromatic carbocycles. The summed E-state index contributed by atoms with van der Waals surface area (Å²) in [5.41, 5.74) is 6.88. The number of amides is 1. The number of nitrogens with zero attached hydrogens (tertiary/aromatic N) is 3. The van der Waals surface area contributed by atoms with Crippen LogP contribution in [0.4, 0.5) is 5.69 Å². The van der Waals surface area contributed by atoms with Crippen molar-refractivity contribution in [1.29, 1.82) is 0 Å². The molecule has 18 heavy (non-hydrogen) atoms. The van der Waals surface area contributed by atoms with Crippen LogP contribution in [-0.2, 0) is 7.05 Å². The van der Waals surface area contributed by atoms with E-state index in [-0.39, 0.29) is 11.3 Å². The summed E-state index contributed by atoms with van der Waals surface area (Å²) in [6.07, 6.45) is 2.73. The van der Waals surface area contributed by atoms with E-state index in [2.05, 4.69) is 25.9 Å². The summed E-state index contributed by atoms with van der Waals surface area (Å²) in [5.74, 6) is 0.506. The van der Waals surface area contributed by atoms with Crippen molar-refractivity contribution in [2.24, 2.45) is 18.4 Å². The Hall–Kier alpha value is -1.52. The maximum absolute atomic E-state index is 12.3. The number of rotatable bonds is 1. The molecule has 1 amide bonds. The van der Waals surface area contributed by atoms with Crippen molar-refractivity contribution in [3.05, 3.63) is 11.9 Å². The van der Waals surface area contributed by atoms with Crippen LogP contribution in [0.2, 0.25) is 0 Å². The van der Waals surface area contributed by atoms with Gasteiger partial charge in [-0.05, 0) is 17.8 Å². The lowest BCUT2D eigenvalue weighted by atomic mass is 9.80. The predicted molar refractivity (Wildman–Crippen MR) is 71.1 cm³/mol. The van der Waals surface area contributed by atoms with Gasteiger partial charge in [-0.25, -0.2) is 0 Å². The first-order valence-electron chi connectivity index (χ1n) is 6.37. The van der Waals surface area contributed by atoms with Crippen LogP contribution in [0.5, 0.6) is 0 Å². The van der Waals surface area contributed by atoms with Gasteiger partial charge in [-0.15, -0.1) is 0 Å². The van der Waals surface area contributed by atoms with E-state index in [9.17, 15) is 4.79 Å². The number of nitrogen functional groups attached to an aromatic ring is 1. The molecule has 0 bridgehead atoms. The zero-order valence-electron chi connectivity index (χ0n) is 11.6. The molecule has 1 fully saturated rings. The second-order valence-corrected chi connectivity index (χ2v) is 6.21. The van der Waals surface area contributed by atoms with Crippen molar-refractivity contribution in [1.82, 2.24) is 14.7 Å². The minimum Gasteiger partial charge on any atom is -0.396 e. The number of likely N-dealkylation sites (tertiary alicyclic amines) is 1. The molecule has 100 valence electrons. The Balaban J connectivity index is 2.11. The molecular formula is C13H22N4O. The van der Waals surface area contributed by atoms with E-state index in [1.807, 2.05) is 4.90 Å². The summed E-state index contributed by atoms with van der Waals surface area (Å²) in [7, 11) is 1.77. The van der Waals surface area contributed by atoms with Crippen LogP contribution in [0.25, 0.3) is 0 Å². The Morgan fingerprint density at radius 1 is 1.50 bits per heavy atom. The highest BCUT2D eigenvalue weighted by Gasteiger charge is 2.35. The standard InChI is InChI=1S/C13H22N4O/c1-13(2,3)9-5-6-17(7-9)12(18)11-10(14)8-16(4)15-11/h8-9H,5-7,14H2,1-4H3. The van der Waals surface area contributed by atoms with Gasteiger partial charge in [-0.3, -0.25) is 9.48 Å². The van der Waals surface area contributed by atoms with Gasteiger partial charge in [0.1, 0.15) is 0 Å². The third kappa shape index (κ3) is 2.35. The minimum absolute atomic E-state index is 0.0418. The lowest BCUT2D eigenvalue weighted by Gasteiger charge is -2.26. The quantitative estimate of drug-likeness (QED) is 0.821. The molecule has 1 aromatic heterocycles. The molecule has 0 saturated carbocycles. The van der Waals surface area contributed by atoms with E-state index >= 15 is 0 Å². The number of carbonyl (C=O) groups is 1. The van der Waals surface area contributed by atoms with Crippen LogP contribution < -0.4 is 5.73 Å². The fourth-order valence-electron chi connectivity index (χ4n) is 2.47. The highest BCUT2D eigenvalue weighted by molar-refractivity contribution is 5.97. The summed E-state index contributed by atoms with van der Waals surface area (Å²) in [6.45, 7) is 8.28. The Bertz CT molecular complexity index is 458. The fourth-order valence-corrected chi connectivity index (χ4v) is 2.47. The summed E-state index contributed by atoms with van der Waals surface area (Å²) < 4.78 is 1.58. The number of nitrogens with two attached hydrogens (primary N) is 1. The van der Waals surface area contributed by atoms with Crippen LogP contribution >= 0.6 is 0 Å². The smallest absolute Gasteiger partial charge is 0.276 e. The van der Waals surface area contributed by atoms with Crippen molar-refractivity contribution in [2.75, 3.05) is 18.8 Å². The maximum Gasteiger partial charge on any atom is 0.276 e. The molecule has 5 heteroatoms. The van der Waals surface area contributed by atoms with E-state index in [1.165, 1.54) is 0 Å². The van der Waals surface area contributed by atoms with Gasteiger partial charge in [0.2, 0.25) is 0 Å². The molecule has 5 nitrogen and oxygen atoms in total. The van der Waals surface area contributed by atoms with Crippen LogP contribution in [0.1, 0.15) is 37.7 Å². The molecule has 1 atom stereocenters. The van der Waals surface area contributed by atoms with Gasteiger partial charge in [0.05, 0.1) is 5.69 Å². The summed E-state index contributed by atoms with van der Waals surface area (Å²) >= 11 is 0. The molecular weight excluding hydrogens is 228 g/mol. The Morgan fingerprint density at radius 2 is 2.17 bits per heavy atom. The van der Waals surface area contributed by atoms with Gasteiger partial charge in [-0.1, -0.05) is 20.8 Å². The van der Waals surface area contributed by atoms with E-state index in [0.717, 1.165) is 19.5 Å². The molecule has 0 aliphatic carbocycles. The second-order valence-electron chi connectivity index (χ2n) is 6.21. The summed E-state index contributed by atoms with van der Waals surface area (Å²) in [4.78, 5) is 14.2. The van der Waals surface area contributed by atoms with Crippen molar-refractivity contribution < 1.29 is 4.79 Å². The SMILES string of the molecule is Cn1cc(N)c(C(=O)N2CCC(C(C)(C)C)C2)n1. The Morgan fingerprint density at radius 3 is 2.61 bits per heavy atom. The normalized spacial score (nSPS) is 20.4. The largest absolute Gasteiger partial charge is 0.396 e. The molecule has 1 unspecified atom stereocenters. The summed E-state index contributed by atoms with van der Waals surface area (Å²) in [6, 6.07) is 0. The van der Waals surface area contributed by atoms with Gasteiger partial charge in [0.25, 0.3) is 5.91 Å². The molecule has 1 aliphatic heterocycles. The van der Waals surface area contributed by atoms with Crippen LogP contribution in [0.3, 0.4) is 0 Å². The van der Waals surface area contributed by atoms with Gasteiger partial charge >= 0.3 is 0 Å². The van der Waals surface area contributed by atoms with Crippen LogP contribution in [-0.4, -0.2) is 33.7 Å². The second kappa shape index (κ2) is 4.30. The average molecular weight is 250 g/mol. The molecule has 0 radical (unpaired) electrons.